The van der Waals surface area contributed by atoms with E-state index in [1.54, 1.807) is 12.1 Å². The van der Waals surface area contributed by atoms with Crippen LogP contribution in [0.4, 0.5) is 0 Å². The molecular weight excluding hydrogens is 462 g/mol. The van der Waals surface area contributed by atoms with Crippen molar-refractivity contribution in [3.05, 3.63) is 29.3 Å². The molecule has 0 atom stereocenters. The second kappa shape index (κ2) is 4.92. The van der Waals surface area contributed by atoms with Crippen LogP contribution in [0.25, 0.3) is 0 Å². The highest BCUT2D eigenvalue weighted by Gasteiger charge is 2.10. The summed E-state index contributed by atoms with van der Waals surface area (Å²) in [5, 5.41) is 0. The van der Waals surface area contributed by atoms with Gasteiger partial charge in [-0.2, -0.15) is 0 Å². The van der Waals surface area contributed by atoms with Gasteiger partial charge in [-0.15, -0.1) is 0 Å². The molecule has 0 aliphatic carbocycles. The zero-order valence-electron chi connectivity index (χ0n) is 6.61. The average Bonchev–Trinajstić information content (AvgIpc) is 2.12. The van der Waals surface area contributed by atoms with Crippen molar-refractivity contribution in [3.8, 4) is 0 Å². The van der Waals surface area contributed by atoms with Crippen molar-refractivity contribution in [1.29, 1.82) is 0 Å². The fourth-order valence-corrected chi connectivity index (χ4v) is 2.56. The molecule has 0 aliphatic rings. The fraction of sp³-hybridized carbons (Fsp3) is 0.125. The monoisotopic (exact) mass is 466 g/mol. The molecule has 0 aliphatic heterocycles. The molecule has 1 aromatic carbocycles. The van der Waals surface area contributed by atoms with E-state index in [2.05, 4.69) is 65.8 Å². The molecule has 0 spiro atoms. The summed E-state index contributed by atoms with van der Waals surface area (Å²) in [6.07, 6.45) is 0. The Morgan fingerprint density at radius 2 is 2.08 bits per heavy atom. The van der Waals surface area contributed by atoms with Crippen LogP contribution in [0.2, 0.25) is 0 Å². The van der Waals surface area contributed by atoms with Crippen molar-refractivity contribution in [1.82, 2.24) is 0 Å². The Morgan fingerprint density at radius 3 is 2.54 bits per heavy atom. The molecule has 0 radical (unpaired) electrons. The van der Waals surface area contributed by atoms with Gasteiger partial charge in [-0.3, -0.25) is 0 Å². The highest BCUT2D eigenvalue weighted by Crippen LogP contribution is 2.26. The number of benzene rings is 1. The Morgan fingerprint density at radius 1 is 1.46 bits per heavy atom. The number of rotatable bonds is 1. The molecule has 0 saturated carbocycles. The number of hydrogen-bond acceptors (Lipinski definition) is 2. The molecule has 1 rings (SSSR count). The Labute approximate surface area is 112 Å². The van der Waals surface area contributed by atoms with E-state index in [0.717, 1.165) is 11.6 Å². The highest BCUT2D eigenvalue weighted by atomic mass is 127. The molecular formula is C8H5BrI2O2. The standard InChI is InChI=1S/C8H5BrI2O2/c1-13-8(12)4-2-5(9)7(11)6(10)3-4/h2-3H,1H3. The number of carbonyl (C=O) groups excluding carboxylic acids is 1. The van der Waals surface area contributed by atoms with Crippen molar-refractivity contribution >= 4 is 67.1 Å². The minimum absolute atomic E-state index is 0.310. The summed E-state index contributed by atoms with van der Waals surface area (Å²) in [4.78, 5) is 11.2. The maximum atomic E-state index is 11.2. The summed E-state index contributed by atoms with van der Waals surface area (Å²) >= 11 is 7.77. The largest absolute Gasteiger partial charge is 0.465 e. The third kappa shape index (κ3) is 2.79. The summed E-state index contributed by atoms with van der Waals surface area (Å²) in [6.45, 7) is 0. The first-order valence-electron chi connectivity index (χ1n) is 3.29. The lowest BCUT2D eigenvalue weighted by atomic mass is 10.2. The van der Waals surface area contributed by atoms with Gasteiger partial charge in [0.25, 0.3) is 0 Å². The summed E-state index contributed by atoms with van der Waals surface area (Å²) in [6, 6.07) is 3.56. The number of methoxy groups -OCH3 is 1. The second-order valence-corrected chi connectivity index (χ2v) is 5.34. The molecule has 0 amide bonds. The van der Waals surface area contributed by atoms with Crippen LogP contribution in [0.15, 0.2) is 16.6 Å². The Kier molecular flexibility index (Phi) is 4.43. The highest BCUT2D eigenvalue weighted by molar-refractivity contribution is 14.1. The van der Waals surface area contributed by atoms with E-state index < -0.39 is 0 Å². The SMILES string of the molecule is COC(=O)c1cc(Br)c(I)c(I)c1. The first-order chi connectivity index (χ1) is 6.06. The number of esters is 1. The molecule has 0 saturated heterocycles. The van der Waals surface area contributed by atoms with Crippen molar-refractivity contribution in [2.45, 2.75) is 0 Å². The molecule has 0 unspecified atom stereocenters. The minimum atomic E-state index is -0.310. The summed E-state index contributed by atoms with van der Waals surface area (Å²) in [7, 11) is 1.38. The van der Waals surface area contributed by atoms with Crippen LogP contribution < -0.4 is 0 Å². The lowest BCUT2D eigenvalue weighted by molar-refractivity contribution is 0.0600. The lowest BCUT2D eigenvalue weighted by Gasteiger charge is -2.03. The molecule has 1 aromatic rings. The minimum Gasteiger partial charge on any atom is -0.465 e. The third-order valence-corrected chi connectivity index (χ3v) is 5.82. The third-order valence-electron chi connectivity index (χ3n) is 1.40. The van der Waals surface area contributed by atoms with E-state index >= 15 is 0 Å². The smallest absolute Gasteiger partial charge is 0.337 e. The van der Waals surface area contributed by atoms with Gasteiger partial charge in [0.2, 0.25) is 0 Å². The number of ether oxygens (including phenoxy) is 1. The predicted octanol–water partition coefficient (Wildman–Crippen LogP) is 3.44. The molecule has 13 heavy (non-hydrogen) atoms. The number of hydrogen-bond donors (Lipinski definition) is 0. The zero-order chi connectivity index (χ0) is 10.0. The topological polar surface area (TPSA) is 26.3 Å². The zero-order valence-corrected chi connectivity index (χ0v) is 12.5. The maximum absolute atomic E-state index is 11.2. The summed E-state index contributed by atoms with van der Waals surface area (Å²) in [5.74, 6) is -0.310. The van der Waals surface area contributed by atoms with Gasteiger partial charge in [0.05, 0.1) is 12.7 Å². The van der Waals surface area contributed by atoms with Crippen LogP contribution >= 0.6 is 61.1 Å². The maximum Gasteiger partial charge on any atom is 0.337 e. The first-order valence-corrected chi connectivity index (χ1v) is 6.24. The van der Waals surface area contributed by atoms with E-state index in [1.165, 1.54) is 7.11 Å². The van der Waals surface area contributed by atoms with Gasteiger partial charge < -0.3 is 4.74 Å². The molecule has 70 valence electrons. The normalized spacial score (nSPS) is 9.85. The Bertz CT molecular complexity index is 329. The van der Waals surface area contributed by atoms with Crippen molar-refractivity contribution in [3.63, 3.8) is 0 Å². The van der Waals surface area contributed by atoms with Gasteiger partial charge in [-0.05, 0) is 73.2 Å². The van der Waals surface area contributed by atoms with E-state index in [9.17, 15) is 4.79 Å². The summed E-state index contributed by atoms with van der Waals surface area (Å²) < 4.78 is 7.68. The van der Waals surface area contributed by atoms with Gasteiger partial charge >= 0.3 is 5.97 Å². The average molecular weight is 467 g/mol. The molecule has 0 aromatic heterocycles. The van der Waals surface area contributed by atoms with E-state index in [0.29, 0.717) is 5.56 Å². The van der Waals surface area contributed by atoms with Crippen LogP contribution in [-0.2, 0) is 4.74 Å². The van der Waals surface area contributed by atoms with Crippen molar-refractivity contribution in [2.24, 2.45) is 0 Å². The van der Waals surface area contributed by atoms with E-state index in [4.69, 9.17) is 0 Å². The van der Waals surface area contributed by atoms with Crippen LogP contribution in [0, 0.1) is 7.14 Å². The fourth-order valence-electron chi connectivity index (χ4n) is 0.791. The van der Waals surface area contributed by atoms with Crippen LogP contribution in [-0.4, -0.2) is 13.1 Å². The molecule has 0 fully saturated rings. The number of halogens is 3. The lowest BCUT2D eigenvalue weighted by Crippen LogP contribution is -2.02. The molecule has 5 heteroatoms. The molecule has 0 bridgehead atoms. The van der Waals surface area contributed by atoms with Gasteiger partial charge in [-0.25, -0.2) is 4.79 Å². The van der Waals surface area contributed by atoms with Crippen LogP contribution in [0.1, 0.15) is 10.4 Å². The quantitative estimate of drug-likeness (QED) is 0.360. The van der Waals surface area contributed by atoms with Gasteiger partial charge in [0.1, 0.15) is 0 Å². The second-order valence-electron chi connectivity index (χ2n) is 2.25. The molecule has 2 nitrogen and oxygen atoms in total. The van der Waals surface area contributed by atoms with Crippen molar-refractivity contribution < 1.29 is 9.53 Å². The Hall–Kier alpha value is 0.630. The van der Waals surface area contributed by atoms with Gasteiger partial charge in [-0.1, -0.05) is 0 Å². The summed E-state index contributed by atoms with van der Waals surface area (Å²) in [5.41, 5.74) is 0.569. The van der Waals surface area contributed by atoms with Gasteiger partial charge in [0, 0.05) is 11.6 Å². The first kappa shape index (κ1) is 11.7. The molecule has 0 N–H and O–H groups in total. The van der Waals surface area contributed by atoms with E-state index in [-0.39, 0.29) is 5.97 Å². The van der Waals surface area contributed by atoms with Crippen LogP contribution in [0.3, 0.4) is 0 Å². The molecule has 0 heterocycles. The van der Waals surface area contributed by atoms with Gasteiger partial charge in [0.15, 0.2) is 0 Å². The number of carbonyl (C=O) groups is 1. The van der Waals surface area contributed by atoms with Crippen LogP contribution in [0.5, 0.6) is 0 Å². The van der Waals surface area contributed by atoms with E-state index in [1.807, 2.05) is 0 Å². The Balaban J connectivity index is 3.20. The predicted molar refractivity (Wildman–Crippen MR) is 70.9 cm³/mol. The van der Waals surface area contributed by atoms with Crippen molar-refractivity contribution in [2.75, 3.05) is 7.11 Å².